The van der Waals surface area contributed by atoms with E-state index in [1.54, 1.807) is 31.4 Å². The van der Waals surface area contributed by atoms with Gasteiger partial charge in [0.2, 0.25) is 11.8 Å². The van der Waals surface area contributed by atoms with Gasteiger partial charge < -0.3 is 10.1 Å². The number of nitrogens with one attached hydrogen (secondary N) is 2. The number of fused-ring (bicyclic) bond motifs is 1. The number of hydrogen-bond donors (Lipinski definition) is 2. The molecule has 1 saturated carbocycles. The number of nitrogens with zero attached hydrogens (tertiary/aromatic N) is 2. The third kappa shape index (κ3) is 3.28. The molecule has 1 fully saturated rings. The molecular formula is C19H17FN4O2. The van der Waals surface area contributed by atoms with Gasteiger partial charge in [-0.3, -0.25) is 9.89 Å². The van der Waals surface area contributed by atoms with Gasteiger partial charge in [-0.15, -0.1) is 0 Å². The predicted octanol–water partition coefficient (Wildman–Crippen LogP) is 3.62. The Labute approximate surface area is 149 Å². The monoisotopic (exact) mass is 352 g/mol. The van der Waals surface area contributed by atoms with Crippen LogP contribution in [0, 0.1) is 11.7 Å². The smallest absolute Gasteiger partial charge is 0.227 e. The number of carbonyl (C=O) groups excluding carboxylic acids is 1. The van der Waals surface area contributed by atoms with Crippen LogP contribution in [0.5, 0.6) is 5.88 Å². The standard InChI is InChI=1S/C19H17FN4O2/c1-26-17-4-2-3-12(21-17)7-8-16-14-9-13(22-19(25)11-5-6-11)10-15(20)18(14)24-23-16/h2-4,7-11H,5-6H2,1H3,(H,22,25)(H,23,24)/b8-7+. The Kier molecular flexibility index (Phi) is 4.12. The zero-order valence-corrected chi connectivity index (χ0v) is 14.1. The summed E-state index contributed by atoms with van der Waals surface area (Å²) in [4.78, 5) is 16.2. The second kappa shape index (κ2) is 6.59. The molecular weight excluding hydrogens is 335 g/mol. The van der Waals surface area contributed by atoms with Gasteiger partial charge in [0.15, 0.2) is 5.82 Å². The van der Waals surface area contributed by atoms with Crippen molar-refractivity contribution in [2.75, 3.05) is 12.4 Å². The van der Waals surface area contributed by atoms with E-state index in [0.717, 1.165) is 12.8 Å². The molecule has 1 aliphatic carbocycles. The average Bonchev–Trinajstić information content (AvgIpc) is 3.42. The topological polar surface area (TPSA) is 79.9 Å². The third-order valence-electron chi connectivity index (χ3n) is 4.23. The number of amides is 1. The van der Waals surface area contributed by atoms with Gasteiger partial charge in [0.1, 0.15) is 5.52 Å². The quantitative estimate of drug-likeness (QED) is 0.735. The van der Waals surface area contributed by atoms with Crippen LogP contribution in [0.1, 0.15) is 24.2 Å². The highest BCUT2D eigenvalue weighted by Crippen LogP contribution is 2.31. The normalized spacial score (nSPS) is 14.1. The number of halogens is 1. The van der Waals surface area contributed by atoms with E-state index >= 15 is 0 Å². The van der Waals surface area contributed by atoms with Crippen molar-refractivity contribution in [3.63, 3.8) is 0 Å². The number of ether oxygens (including phenoxy) is 1. The van der Waals surface area contributed by atoms with E-state index in [4.69, 9.17) is 4.74 Å². The van der Waals surface area contributed by atoms with E-state index in [0.29, 0.717) is 28.3 Å². The molecule has 2 N–H and O–H groups in total. The lowest BCUT2D eigenvalue weighted by atomic mass is 10.1. The van der Waals surface area contributed by atoms with Gasteiger partial charge in [-0.05, 0) is 43.2 Å². The van der Waals surface area contributed by atoms with Gasteiger partial charge in [0, 0.05) is 23.1 Å². The summed E-state index contributed by atoms with van der Waals surface area (Å²) in [5.41, 5.74) is 1.99. The molecule has 6 nitrogen and oxygen atoms in total. The number of hydrogen-bond acceptors (Lipinski definition) is 4. The zero-order chi connectivity index (χ0) is 18.1. The number of carbonyl (C=O) groups is 1. The Hall–Kier alpha value is -3.22. The Balaban J connectivity index is 1.65. The van der Waals surface area contributed by atoms with E-state index < -0.39 is 5.82 Å². The predicted molar refractivity (Wildman–Crippen MR) is 97.1 cm³/mol. The SMILES string of the molecule is COc1cccc(/C=C/c2[nH]nc3c(F)cc(NC(=O)C4CC4)cc23)n1. The van der Waals surface area contributed by atoms with E-state index in [1.807, 2.05) is 12.1 Å². The summed E-state index contributed by atoms with van der Waals surface area (Å²) < 4.78 is 19.4. The highest BCUT2D eigenvalue weighted by atomic mass is 19.1. The number of methoxy groups -OCH3 is 1. The maximum absolute atomic E-state index is 14.3. The Bertz CT molecular complexity index is 1010. The minimum absolute atomic E-state index is 0.0524. The molecule has 4 rings (SSSR count). The molecule has 0 saturated heterocycles. The molecule has 26 heavy (non-hydrogen) atoms. The Morgan fingerprint density at radius 1 is 1.35 bits per heavy atom. The van der Waals surface area contributed by atoms with Crippen LogP contribution in [-0.4, -0.2) is 28.2 Å². The van der Waals surface area contributed by atoms with Crippen molar-refractivity contribution >= 4 is 34.6 Å². The number of rotatable bonds is 5. The molecule has 0 spiro atoms. The molecule has 132 valence electrons. The highest BCUT2D eigenvalue weighted by molar-refractivity contribution is 5.98. The molecule has 1 aliphatic rings. The van der Waals surface area contributed by atoms with Gasteiger partial charge in [-0.2, -0.15) is 5.10 Å². The molecule has 1 amide bonds. The van der Waals surface area contributed by atoms with Crippen molar-refractivity contribution in [3.8, 4) is 5.88 Å². The second-order valence-corrected chi connectivity index (χ2v) is 6.19. The van der Waals surface area contributed by atoms with E-state index in [2.05, 4.69) is 20.5 Å². The third-order valence-corrected chi connectivity index (χ3v) is 4.23. The fourth-order valence-electron chi connectivity index (χ4n) is 2.69. The fraction of sp³-hybridized carbons (Fsp3) is 0.211. The average molecular weight is 352 g/mol. The van der Waals surface area contributed by atoms with Gasteiger partial charge >= 0.3 is 0 Å². The Morgan fingerprint density at radius 2 is 2.19 bits per heavy atom. The van der Waals surface area contributed by atoms with Crippen molar-refractivity contribution in [2.24, 2.45) is 5.92 Å². The number of aromatic amines is 1. The minimum atomic E-state index is -0.482. The van der Waals surface area contributed by atoms with E-state index in [9.17, 15) is 9.18 Å². The molecule has 0 unspecified atom stereocenters. The molecule has 7 heteroatoms. The number of benzene rings is 1. The molecule has 0 aliphatic heterocycles. The largest absolute Gasteiger partial charge is 0.481 e. The summed E-state index contributed by atoms with van der Waals surface area (Å²) in [5, 5.41) is 10.2. The van der Waals surface area contributed by atoms with Crippen molar-refractivity contribution in [1.29, 1.82) is 0 Å². The van der Waals surface area contributed by atoms with Crippen LogP contribution in [0.4, 0.5) is 10.1 Å². The number of pyridine rings is 1. The van der Waals surface area contributed by atoms with Crippen molar-refractivity contribution in [1.82, 2.24) is 15.2 Å². The minimum Gasteiger partial charge on any atom is -0.481 e. The lowest BCUT2D eigenvalue weighted by molar-refractivity contribution is -0.117. The van der Waals surface area contributed by atoms with Crippen molar-refractivity contribution in [3.05, 3.63) is 47.5 Å². The molecule has 2 aromatic heterocycles. The van der Waals surface area contributed by atoms with Crippen LogP contribution in [0.2, 0.25) is 0 Å². The second-order valence-electron chi connectivity index (χ2n) is 6.19. The molecule has 3 aromatic rings. The summed E-state index contributed by atoms with van der Waals surface area (Å²) in [6, 6.07) is 8.44. The lowest BCUT2D eigenvalue weighted by Crippen LogP contribution is -2.13. The van der Waals surface area contributed by atoms with Gasteiger partial charge in [-0.25, -0.2) is 9.37 Å². The first kappa shape index (κ1) is 16.3. The summed E-state index contributed by atoms with van der Waals surface area (Å²) in [7, 11) is 1.55. The van der Waals surface area contributed by atoms with Crippen LogP contribution in [0.25, 0.3) is 23.1 Å². The summed E-state index contributed by atoms with van der Waals surface area (Å²) >= 11 is 0. The maximum atomic E-state index is 14.3. The Morgan fingerprint density at radius 3 is 2.96 bits per heavy atom. The molecule has 0 radical (unpaired) electrons. The molecule has 1 aromatic carbocycles. The number of anilines is 1. The van der Waals surface area contributed by atoms with Gasteiger partial charge in [0.25, 0.3) is 0 Å². The first-order valence-corrected chi connectivity index (χ1v) is 8.31. The summed E-state index contributed by atoms with van der Waals surface area (Å²) in [6.45, 7) is 0. The maximum Gasteiger partial charge on any atom is 0.227 e. The van der Waals surface area contributed by atoms with Gasteiger partial charge in [0.05, 0.1) is 18.5 Å². The van der Waals surface area contributed by atoms with Crippen LogP contribution < -0.4 is 10.1 Å². The molecule has 0 bridgehead atoms. The summed E-state index contributed by atoms with van der Waals surface area (Å²) in [5.74, 6) is 0.0169. The summed E-state index contributed by atoms with van der Waals surface area (Å²) in [6.07, 6.45) is 5.33. The van der Waals surface area contributed by atoms with E-state index in [1.165, 1.54) is 6.07 Å². The van der Waals surface area contributed by atoms with Crippen molar-refractivity contribution < 1.29 is 13.9 Å². The van der Waals surface area contributed by atoms with Gasteiger partial charge in [-0.1, -0.05) is 6.07 Å². The highest BCUT2D eigenvalue weighted by Gasteiger charge is 2.29. The van der Waals surface area contributed by atoms with E-state index in [-0.39, 0.29) is 17.3 Å². The molecule has 2 heterocycles. The first-order valence-electron chi connectivity index (χ1n) is 8.31. The first-order chi connectivity index (χ1) is 12.6. The van der Waals surface area contributed by atoms with Crippen molar-refractivity contribution in [2.45, 2.75) is 12.8 Å². The van der Waals surface area contributed by atoms with Crippen LogP contribution >= 0.6 is 0 Å². The number of aromatic nitrogens is 3. The van der Waals surface area contributed by atoms with Crippen LogP contribution in [0.3, 0.4) is 0 Å². The number of H-pyrrole nitrogens is 1. The fourth-order valence-corrected chi connectivity index (χ4v) is 2.69. The zero-order valence-electron chi connectivity index (χ0n) is 14.1. The molecule has 0 atom stereocenters. The lowest BCUT2D eigenvalue weighted by Gasteiger charge is -2.05. The van der Waals surface area contributed by atoms with Crippen LogP contribution in [-0.2, 0) is 4.79 Å². The van der Waals surface area contributed by atoms with Crippen LogP contribution in [0.15, 0.2) is 30.3 Å².